The first-order valence-electron chi connectivity index (χ1n) is 5.17. The van der Waals surface area contributed by atoms with Gasteiger partial charge in [-0.05, 0) is 12.8 Å². The summed E-state index contributed by atoms with van der Waals surface area (Å²) in [5, 5.41) is 3.08. The third kappa shape index (κ3) is 2.07. The van der Waals surface area contributed by atoms with Crippen molar-refractivity contribution in [2.24, 2.45) is 5.92 Å². The fourth-order valence-corrected chi connectivity index (χ4v) is 1.91. The topological polar surface area (TPSA) is 39.1 Å². The Bertz CT molecular complexity index is 279. The molecule has 2 rings (SSSR count). The molecule has 4 heteroatoms. The minimum absolute atomic E-state index is 0.644. The molecule has 1 aromatic rings. The molecule has 0 aromatic carbocycles. The SMILES string of the molecule is CNc1nccn1CC1CCCOC1. The fourth-order valence-electron chi connectivity index (χ4n) is 1.91. The minimum Gasteiger partial charge on any atom is -0.381 e. The average molecular weight is 195 g/mol. The second kappa shape index (κ2) is 4.46. The zero-order chi connectivity index (χ0) is 9.80. The van der Waals surface area contributed by atoms with Gasteiger partial charge in [0.1, 0.15) is 0 Å². The smallest absolute Gasteiger partial charge is 0.202 e. The first-order chi connectivity index (χ1) is 6.90. The van der Waals surface area contributed by atoms with Crippen LogP contribution in [0.15, 0.2) is 12.4 Å². The highest BCUT2D eigenvalue weighted by molar-refractivity contribution is 5.24. The van der Waals surface area contributed by atoms with Crippen LogP contribution in [0.2, 0.25) is 0 Å². The molecule has 0 aliphatic carbocycles. The molecule has 0 saturated carbocycles. The Morgan fingerprint density at radius 2 is 2.64 bits per heavy atom. The third-order valence-electron chi connectivity index (χ3n) is 2.65. The van der Waals surface area contributed by atoms with E-state index in [-0.39, 0.29) is 0 Å². The van der Waals surface area contributed by atoms with Gasteiger partial charge in [-0.3, -0.25) is 0 Å². The van der Waals surface area contributed by atoms with Gasteiger partial charge in [-0.25, -0.2) is 4.98 Å². The zero-order valence-corrected chi connectivity index (χ0v) is 8.57. The van der Waals surface area contributed by atoms with Gasteiger partial charge in [0, 0.05) is 38.5 Å². The molecule has 14 heavy (non-hydrogen) atoms. The van der Waals surface area contributed by atoms with Crippen LogP contribution in [-0.2, 0) is 11.3 Å². The summed E-state index contributed by atoms with van der Waals surface area (Å²) in [6.07, 6.45) is 6.30. The van der Waals surface area contributed by atoms with E-state index in [0.717, 1.165) is 25.7 Å². The number of imidazole rings is 1. The molecular weight excluding hydrogens is 178 g/mol. The Kier molecular flexibility index (Phi) is 3.03. The van der Waals surface area contributed by atoms with Crippen molar-refractivity contribution < 1.29 is 4.74 Å². The largest absolute Gasteiger partial charge is 0.381 e. The minimum atomic E-state index is 0.644. The number of ether oxygens (including phenoxy) is 1. The van der Waals surface area contributed by atoms with Gasteiger partial charge in [-0.15, -0.1) is 0 Å². The lowest BCUT2D eigenvalue weighted by molar-refractivity contribution is 0.0486. The van der Waals surface area contributed by atoms with Crippen LogP contribution in [0.4, 0.5) is 5.95 Å². The third-order valence-corrected chi connectivity index (χ3v) is 2.65. The van der Waals surface area contributed by atoms with Gasteiger partial charge in [-0.2, -0.15) is 0 Å². The van der Waals surface area contributed by atoms with Crippen LogP contribution in [0, 0.1) is 5.92 Å². The van der Waals surface area contributed by atoms with Crippen molar-refractivity contribution in [3.8, 4) is 0 Å². The van der Waals surface area contributed by atoms with Crippen LogP contribution >= 0.6 is 0 Å². The average Bonchev–Trinajstić information content (AvgIpc) is 2.67. The summed E-state index contributed by atoms with van der Waals surface area (Å²) in [5.74, 6) is 1.58. The van der Waals surface area contributed by atoms with E-state index in [1.807, 2.05) is 19.4 Å². The molecule has 78 valence electrons. The van der Waals surface area contributed by atoms with Crippen LogP contribution in [0.1, 0.15) is 12.8 Å². The fraction of sp³-hybridized carbons (Fsp3) is 0.700. The number of nitrogens with one attached hydrogen (secondary N) is 1. The number of hydrogen-bond acceptors (Lipinski definition) is 3. The normalized spacial score (nSPS) is 22.2. The van der Waals surface area contributed by atoms with Crippen molar-refractivity contribution in [1.29, 1.82) is 0 Å². The summed E-state index contributed by atoms with van der Waals surface area (Å²) in [7, 11) is 1.90. The first kappa shape index (κ1) is 9.52. The van der Waals surface area contributed by atoms with Gasteiger partial charge >= 0.3 is 0 Å². The maximum atomic E-state index is 5.45. The molecule has 0 radical (unpaired) electrons. The van der Waals surface area contributed by atoms with E-state index in [4.69, 9.17) is 4.74 Å². The number of anilines is 1. The Labute approximate surface area is 84.3 Å². The Morgan fingerprint density at radius 1 is 1.71 bits per heavy atom. The summed E-state index contributed by atoms with van der Waals surface area (Å²) >= 11 is 0. The maximum absolute atomic E-state index is 5.45. The molecule has 0 spiro atoms. The van der Waals surface area contributed by atoms with E-state index in [1.165, 1.54) is 12.8 Å². The monoisotopic (exact) mass is 195 g/mol. The van der Waals surface area contributed by atoms with Crippen LogP contribution in [0.3, 0.4) is 0 Å². The van der Waals surface area contributed by atoms with Gasteiger partial charge in [0.05, 0.1) is 6.61 Å². The quantitative estimate of drug-likeness (QED) is 0.791. The van der Waals surface area contributed by atoms with Crippen molar-refractivity contribution in [3.05, 3.63) is 12.4 Å². The van der Waals surface area contributed by atoms with Gasteiger partial charge in [0.15, 0.2) is 0 Å². The molecule has 0 bridgehead atoms. The summed E-state index contributed by atoms with van der Waals surface area (Å²) in [6, 6.07) is 0. The predicted octanol–water partition coefficient (Wildman–Crippen LogP) is 1.35. The van der Waals surface area contributed by atoms with Crippen molar-refractivity contribution >= 4 is 5.95 Å². The maximum Gasteiger partial charge on any atom is 0.202 e. The van der Waals surface area contributed by atoms with Gasteiger partial charge in [0.25, 0.3) is 0 Å². The van der Waals surface area contributed by atoms with Crippen LogP contribution < -0.4 is 5.32 Å². The van der Waals surface area contributed by atoms with Crippen LogP contribution in [0.25, 0.3) is 0 Å². The van der Waals surface area contributed by atoms with Crippen molar-refractivity contribution in [3.63, 3.8) is 0 Å². The zero-order valence-electron chi connectivity index (χ0n) is 8.57. The summed E-state index contributed by atoms with van der Waals surface area (Å²) in [6.45, 7) is 2.83. The molecule has 1 saturated heterocycles. The molecular formula is C10H17N3O. The molecule has 1 aliphatic heterocycles. The second-order valence-corrected chi connectivity index (χ2v) is 3.74. The van der Waals surface area contributed by atoms with E-state index >= 15 is 0 Å². The van der Waals surface area contributed by atoms with E-state index < -0.39 is 0 Å². The van der Waals surface area contributed by atoms with Crippen molar-refractivity contribution in [1.82, 2.24) is 9.55 Å². The lowest BCUT2D eigenvalue weighted by atomic mass is 10.0. The number of hydrogen-bond donors (Lipinski definition) is 1. The standard InChI is InChI=1S/C10H17N3O/c1-11-10-12-4-5-13(10)7-9-3-2-6-14-8-9/h4-5,9H,2-3,6-8H2,1H3,(H,11,12). The highest BCUT2D eigenvalue weighted by Crippen LogP contribution is 2.17. The Balaban J connectivity index is 1.95. The predicted molar refractivity (Wildman–Crippen MR) is 55.3 cm³/mol. The summed E-state index contributed by atoms with van der Waals surface area (Å²) in [5.41, 5.74) is 0. The van der Waals surface area contributed by atoms with E-state index in [2.05, 4.69) is 14.9 Å². The number of rotatable bonds is 3. The molecule has 1 aliphatic rings. The van der Waals surface area contributed by atoms with E-state index in [9.17, 15) is 0 Å². The second-order valence-electron chi connectivity index (χ2n) is 3.74. The lowest BCUT2D eigenvalue weighted by Gasteiger charge is -2.22. The van der Waals surface area contributed by atoms with E-state index in [0.29, 0.717) is 5.92 Å². The van der Waals surface area contributed by atoms with Crippen LogP contribution in [0.5, 0.6) is 0 Å². The molecule has 1 atom stereocenters. The van der Waals surface area contributed by atoms with E-state index in [1.54, 1.807) is 0 Å². The molecule has 2 heterocycles. The number of aromatic nitrogens is 2. The van der Waals surface area contributed by atoms with Gasteiger partial charge in [-0.1, -0.05) is 0 Å². The Morgan fingerprint density at radius 3 is 3.36 bits per heavy atom. The molecule has 0 amide bonds. The van der Waals surface area contributed by atoms with Crippen LogP contribution in [-0.4, -0.2) is 29.8 Å². The molecule has 1 N–H and O–H groups in total. The summed E-state index contributed by atoms with van der Waals surface area (Å²) in [4.78, 5) is 4.21. The highest BCUT2D eigenvalue weighted by atomic mass is 16.5. The lowest BCUT2D eigenvalue weighted by Crippen LogP contribution is -2.22. The van der Waals surface area contributed by atoms with Gasteiger partial charge < -0.3 is 14.6 Å². The number of nitrogens with zero attached hydrogens (tertiary/aromatic N) is 2. The van der Waals surface area contributed by atoms with Gasteiger partial charge in [0.2, 0.25) is 5.95 Å². The highest BCUT2D eigenvalue weighted by Gasteiger charge is 2.15. The first-order valence-corrected chi connectivity index (χ1v) is 5.17. The van der Waals surface area contributed by atoms with Crippen molar-refractivity contribution in [2.45, 2.75) is 19.4 Å². The molecule has 1 fully saturated rings. The Hall–Kier alpha value is -1.03. The molecule has 1 aromatic heterocycles. The van der Waals surface area contributed by atoms with Crippen molar-refractivity contribution in [2.75, 3.05) is 25.6 Å². The molecule has 1 unspecified atom stereocenters. The molecule has 4 nitrogen and oxygen atoms in total. The summed E-state index contributed by atoms with van der Waals surface area (Å²) < 4.78 is 7.60.